The SMILES string of the molecule is Cc1cccc2cnn(C3CC(CN(C(=O)OC(C)(C)C)C(=O)OC(C)(C)C)C3)c12. The third-order valence-corrected chi connectivity index (χ3v) is 5.04. The molecule has 1 aliphatic carbocycles. The first-order valence-corrected chi connectivity index (χ1v) is 10.5. The number of para-hydroxylation sites is 1. The second-order valence-electron chi connectivity index (χ2n) is 10.2. The maximum absolute atomic E-state index is 12.7. The zero-order chi connectivity index (χ0) is 22.3. The van der Waals surface area contributed by atoms with Crippen molar-refractivity contribution < 1.29 is 19.1 Å². The number of carbonyl (C=O) groups is 2. The maximum atomic E-state index is 12.7. The minimum Gasteiger partial charge on any atom is -0.443 e. The molecule has 2 amide bonds. The van der Waals surface area contributed by atoms with Crippen molar-refractivity contribution >= 4 is 23.1 Å². The Morgan fingerprint density at radius 3 is 2.17 bits per heavy atom. The van der Waals surface area contributed by atoms with Crippen molar-refractivity contribution in [2.75, 3.05) is 6.54 Å². The molecule has 1 heterocycles. The molecule has 164 valence electrons. The second-order valence-corrected chi connectivity index (χ2v) is 10.2. The topological polar surface area (TPSA) is 73.7 Å². The fourth-order valence-electron chi connectivity index (χ4n) is 3.72. The first kappa shape index (κ1) is 22.1. The molecule has 2 aromatic rings. The van der Waals surface area contributed by atoms with Crippen molar-refractivity contribution in [3.63, 3.8) is 0 Å². The van der Waals surface area contributed by atoms with Crippen LogP contribution < -0.4 is 0 Å². The highest BCUT2D eigenvalue weighted by molar-refractivity contribution is 5.88. The quantitative estimate of drug-likeness (QED) is 0.665. The van der Waals surface area contributed by atoms with Gasteiger partial charge in [0.2, 0.25) is 0 Å². The van der Waals surface area contributed by atoms with Gasteiger partial charge in [-0.3, -0.25) is 4.68 Å². The normalized spacial score (nSPS) is 19.3. The number of imide groups is 1. The molecular weight excluding hydrogens is 382 g/mol. The Morgan fingerprint density at radius 1 is 1.07 bits per heavy atom. The molecule has 1 fully saturated rings. The van der Waals surface area contributed by atoms with Crippen molar-refractivity contribution in [3.8, 4) is 0 Å². The van der Waals surface area contributed by atoms with Gasteiger partial charge in [0.15, 0.2) is 0 Å². The Balaban J connectivity index is 1.70. The molecule has 0 aliphatic heterocycles. The summed E-state index contributed by atoms with van der Waals surface area (Å²) in [7, 11) is 0. The van der Waals surface area contributed by atoms with Gasteiger partial charge in [0, 0.05) is 11.9 Å². The molecular formula is C23H33N3O4. The van der Waals surface area contributed by atoms with Crippen molar-refractivity contribution in [2.45, 2.75) is 78.6 Å². The summed E-state index contributed by atoms with van der Waals surface area (Å²) in [5.41, 5.74) is 0.963. The predicted molar refractivity (Wildman–Crippen MR) is 115 cm³/mol. The van der Waals surface area contributed by atoms with Crippen LogP contribution in [0.1, 0.15) is 66.0 Å². The number of fused-ring (bicyclic) bond motifs is 1. The molecule has 0 unspecified atom stereocenters. The number of nitrogens with zero attached hydrogens (tertiary/aromatic N) is 3. The molecule has 1 aromatic heterocycles. The summed E-state index contributed by atoms with van der Waals surface area (Å²) in [5.74, 6) is 0.179. The van der Waals surface area contributed by atoms with E-state index in [1.165, 1.54) is 5.56 Å². The number of amides is 2. The zero-order valence-electron chi connectivity index (χ0n) is 19.1. The van der Waals surface area contributed by atoms with E-state index in [1.54, 1.807) is 41.5 Å². The van der Waals surface area contributed by atoms with Crippen LogP contribution in [-0.4, -0.2) is 44.6 Å². The van der Waals surface area contributed by atoms with Gasteiger partial charge in [0.25, 0.3) is 0 Å². The Morgan fingerprint density at radius 2 is 1.63 bits per heavy atom. The van der Waals surface area contributed by atoms with E-state index in [0.29, 0.717) is 0 Å². The number of carbonyl (C=O) groups excluding carboxylic acids is 2. The monoisotopic (exact) mass is 415 g/mol. The van der Waals surface area contributed by atoms with Crippen LogP contribution >= 0.6 is 0 Å². The van der Waals surface area contributed by atoms with Gasteiger partial charge < -0.3 is 9.47 Å². The summed E-state index contributed by atoms with van der Waals surface area (Å²) in [6.07, 6.45) is 2.24. The lowest BCUT2D eigenvalue weighted by atomic mass is 9.80. The second kappa shape index (κ2) is 7.93. The van der Waals surface area contributed by atoms with Gasteiger partial charge in [0.05, 0.1) is 17.8 Å². The van der Waals surface area contributed by atoms with E-state index >= 15 is 0 Å². The Bertz CT molecular complexity index is 902. The fraction of sp³-hybridized carbons (Fsp3) is 0.609. The number of hydrogen-bond donors (Lipinski definition) is 0. The molecule has 1 aliphatic rings. The number of benzene rings is 1. The third-order valence-electron chi connectivity index (χ3n) is 5.04. The van der Waals surface area contributed by atoms with Gasteiger partial charge in [-0.25, -0.2) is 14.5 Å². The number of rotatable bonds is 3. The van der Waals surface area contributed by atoms with Crippen molar-refractivity contribution in [1.29, 1.82) is 0 Å². The number of aromatic nitrogens is 2. The van der Waals surface area contributed by atoms with E-state index in [1.807, 2.05) is 12.3 Å². The van der Waals surface area contributed by atoms with E-state index in [4.69, 9.17) is 9.47 Å². The van der Waals surface area contributed by atoms with Gasteiger partial charge in [-0.05, 0) is 72.8 Å². The van der Waals surface area contributed by atoms with E-state index in [2.05, 4.69) is 28.8 Å². The fourth-order valence-corrected chi connectivity index (χ4v) is 3.72. The Kier molecular flexibility index (Phi) is 5.85. The molecule has 1 saturated carbocycles. The molecule has 0 atom stereocenters. The Hall–Kier alpha value is -2.57. The van der Waals surface area contributed by atoms with Crippen molar-refractivity contribution in [1.82, 2.24) is 14.7 Å². The van der Waals surface area contributed by atoms with E-state index in [0.717, 1.165) is 28.6 Å². The molecule has 1 aromatic carbocycles. The van der Waals surface area contributed by atoms with Crippen LogP contribution in [0, 0.1) is 12.8 Å². The Labute approximate surface area is 178 Å². The van der Waals surface area contributed by atoms with Crippen LogP contribution in [0.25, 0.3) is 10.9 Å². The lowest BCUT2D eigenvalue weighted by Gasteiger charge is -2.38. The van der Waals surface area contributed by atoms with Crippen LogP contribution in [0.2, 0.25) is 0 Å². The van der Waals surface area contributed by atoms with E-state index in [9.17, 15) is 9.59 Å². The van der Waals surface area contributed by atoms with Crippen LogP contribution in [-0.2, 0) is 9.47 Å². The average Bonchev–Trinajstić information content (AvgIpc) is 2.95. The molecule has 30 heavy (non-hydrogen) atoms. The molecule has 0 N–H and O–H groups in total. The van der Waals surface area contributed by atoms with Gasteiger partial charge in [-0.1, -0.05) is 18.2 Å². The van der Waals surface area contributed by atoms with Crippen LogP contribution in [0.3, 0.4) is 0 Å². The molecule has 3 rings (SSSR count). The largest absolute Gasteiger partial charge is 0.443 e. The van der Waals surface area contributed by atoms with Crippen LogP contribution in [0.5, 0.6) is 0 Å². The highest BCUT2D eigenvalue weighted by Crippen LogP contribution is 2.40. The first-order valence-electron chi connectivity index (χ1n) is 10.5. The summed E-state index contributed by atoms with van der Waals surface area (Å²) in [6.45, 7) is 13.0. The maximum Gasteiger partial charge on any atom is 0.419 e. The van der Waals surface area contributed by atoms with Gasteiger partial charge in [-0.15, -0.1) is 0 Å². The summed E-state index contributed by atoms with van der Waals surface area (Å²) in [6, 6.07) is 6.44. The minimum absolute atomic E-state index is 0.179. The molecule has 7 nitrogen and oxygen atoms in total. The standard InChI is InChI=1S/C23H33N3O4/c1-15-9-8-10-17-13-24-26(19(15)17)18-11-16(12-18)14-25(20(27)29-22(2,3)4)21(28)30-23(5,6)7/h8-10,13,16,18H,11-12,14H2,1-7H3. The van der Waals surface area contributed by atoms with Gasteiger partial charge in [0.1, 0.15) is 11.2 Å². The van der Waals surface area contributed by atoms with Gasteiger partial charge >= 0.3 is 12.2 Å². The zero-order valence-corrected chi connectivity index (χ0v) is 19.1. The number of aryl methyl sites for hydroxylation is 1. The predicted octanol–water partition coefficient (Wildman–Crippen LogP) is 5.47. The highest BCUT2D eigenvalue weighted by atomic mass is 16.6. The summed E-state index contributed by atoms with van der Waals surface area (Å²) >= 11 is 0. The number of ether oxygens (including phenoxy) is 2. The lowest BCUT2D eigenvalue weighted by molar-refractivity contribution is -0.00630. The molecule has 0 spiro atoms. The summed E-state index contributed by atoms with van der Waals surface area (Å²) in [5, 5.41) is 5.71. The van der Waals surface area contributed by atoms with E-state index in [-0.39, 0.29) is 18.5 Å². The van der Waals surface area contributed by atoms with Crippen LogP contribution in [0.4, 0.5) is 9.59 Å². The number of hydrogen-bond acceptors (Lipinski definition) is 5. The molecule has 0 radical (unpaired) electrons. The highest BCUT2D eigenvalue weighted by Gasteiger charge is 2.38. The average molecular weight is 416 g/mol. The summed E-state index contributed by atoms with van der Waals surface area (Å²) in [4.78, 5) is 26.5. The molecule has 7 heteroatoms. The smallest absolute Gasteiger partial charge is 0.419 e. The third kappa shape index (κ3) is 5.12. The molecule has 0 bridgehead atoms. The van der Waals surface area contributed by atoms with Gasteiger partial charge in [-0.2, -0.15) is 5.10 Å². The van der Waals surface area contributed by atoms with Crippen LogP contribution in [0.15, 0.2) is 24.4 Å². The molecule has 0 saturated heterocycles. The summed E-state index contributed by atoms with van der Waals surface area (Å²) < 4.78 is 13.0. The minimum atomic E-state index is -0.689. The van der Waals surface area contributed by atoms with E-state index < -0.39 is 23.4 Å². The lowest BCUT2D eigenvalue weighted by Crippen LogP contribution is -2.47. The van der Waals surface area contributed by atoms with Crippen molar-refractivity contribution in [2.24, 2.45) is 5.92 Å². The van der Waals surface area contributed by atoms with Crippen molar-refractivity contribution in [3.05, 3.63) is 30.0 Å². The first-order chi connectivity index (χ1) is 13.8.